The van der Waals surface area contributed by atoms with Gasteiger partial charge in [0.15, 0.2) is 0 Å². The Morgan fingerprint density at radius 3 is 2.83 bits per heavy atom. The molecule has 2 aromatic rings. The fraction of sp³-hybridized carbons (Fsp3) is 0.300. The number of carbonyl (C=O) groups excluding carboxylic acids is 1. The maximum atomic E-state index is 11.9. The van der Waals surface area contributed by atoms with Gasteiger partial charge in [-0.2, -0.15) is 10.2 Å². The van der Waals surface area contributed by atoms with Crippen LogP contribution in [0.3, 0.4) is 0 Å². The Labute approximate surface area is 102 Å². The molecule has 0 aliphatic carbocycles. The van der Waals surface area contributed by atoms with Crippen molar-refractivity contribution in [2.75, 3.05) is 0 Å². The molecule has 0 spiro atoms. The van der Waals surface area contributed by atoms with Crippen LogP contribution in [0.4, 0.5) is 0 Å². The minimum Gasteiger partial charge on any atom is -0.345 e. The minimum atomic E-state index is -0.506. The summed E-state index contributed by atoms with van der Waals surface area (Å²) in [6.07, 6.45) is 1.34. The lowest BCUT2D eigenvalue weighted by molar-refractivity contribution is 0.0947. The van der Waals surface area contributed by atoms with E-state index in [9.17, 15) is 9.59 Å². The molecule has 0 aromatic carbocycles. The van der Waals surface area contributed by atoms with Gasteiger partial charge >= 0.3 is 0 Å². The molecule has 94 valence electrons. The van der Waals surface area contributed by atoms with Gasteiger partial charge in [0.05, 0.1) is 12.2 Å². The Kier molecular flexibility index (Phi) is 3.18. The van der Waals surface area contributed by atoms with Crippen molar-refractivity contribution in [1.82, 2.24) is 30.7 Å². The highest BCUT2D eigenvalue weighted by molar-refractivity contribution is 5.95. The molecule has 2 heterocycles. The number of hydrogen-bond acceptors (Lipinski definition) is 5. The van der Waals surface area contributed by atoms with Gasteiger partial charge < -0.3 is 5.32 Å². The van der Waals surface area contributed by atoms with Crippen LogP contribution >= 0.6 is 0 Å². The third kappa shape index (κ3) is 2.26. The maximum absolute atomic E-state index is 11.9. The van der Waals surface area contributed by atoms with E-state index >= 15 is 0 Å². The Balaban J connectivity index is 2.19. The summed E-state index contributed by atoms with van der Waals surface area (Å²) in [6, 6.07) is 0. The largest absolute Gasteiger partial charge is 0.345 e. The van der Waals surface area contributed by atoms with Gasteiger partial charge in [-0.25, -0.2) is 10.1 Å². The molecular formula is C10H12N6O2. The molecule has 0 unspecified atom stereocenters. The fourth-order valence-electron chi connectivity index (χ4n) is 1.47. The van der Waals surface area contributed by atoms with Crippen molar-refractivity contribution in [1.29, 1.82) is 0 Å². The summed E-state index contributed by atoms with van der Waals surface area (Å²) >= 11 is 0. The van der Waals surface area contributed by atoms with Crippen molar-refractivity contribution in [2.45, 2.75) is 20.4 Å². The number of H-pyrrole nitrogens is 2. The molecule has 18 heavy (non-hydrogen) atoms. The molecule has 0 fully saturated rings. The molecule has 0 radical (unpaired) electrons. The molecule has 0 atom stereocenters. The monoisotopic (exact) mass is 248 g/mol. The van der Waals surface area contributed by atoms with Crippen LogP contribution in [0, 0.1) is 13.8 Å². The van der Waals surface area contributed by atoms with Crippen LogP contribution in [-0.2, 0) is 6.54 Å². The van der Waals surface area contributed by atoms with Gasteiger partial charge in [0, 0.05) is 0 Å². The maximum Gasteiger partial charge on any atom is 0.277 e. The molecule has 0 saturated heterocycles. The highest BCUT2D eigenvalue weighted by Crippen LogP contribution is 2.04. The molecule has 0 bridgehead atoms. The lowest BCUT2D eigenvalue weighted by atomic mass is 10.1. The zero-order chi connectivity index (χ0) is 13.1. The summed E-state index contributed by atoms with van der Waals surface area (Å²) in [5.41, 5.74) is 0.739. The molecule has 3 N–H and O–H groups in total. The first-order valence-electron chi connectivity index (χ1n) is 5.28. The highest BCUT2D eigenvalue weighted by Gasteiger charge is 2.15. The Bertz CT molecular complexity index is 616. The van der Waals surface area contributed by atoms with Crippen LogP contribution in [0.1, 0.15) is 27.4 Å². The predicted molar refractivity (Wildman–Crippen MR) is 61.9 cm³/mol. The summed E-state index contributed by atoms with van der Waals surface area (Å²) < 4.78 is 0. The number of rotatable bonds is 3. The second-order valence-electron chi connectivity index (χ2n) is 3.75. The van der Waals surface area contributed by atoms with E-state index in [1.807, 2.05) is 0 Å². The van der Waals surface area contributed by atoms with Gasteiger partial charge in [0.25, 0.3) is 11.5 Å². The van der Waals surface area contributed by atoms with Crippen LogP contribution in [0.25, 0.3) is 0 Å². The fourth-order valence-corrected chi connectivity index (χ4v) is 1.47. The quantitative estimate of drug-likeness (QED) is 0.672. The average Bonchev–Trinajstić information content (AvgIpc) is 2.85. The Morgan fingerprint density at radius 2 is 2.17 bits per heavy atom. The third-order valence-corrected chi connectivity index (χ3v) is 2.58. The first-order chi connectivity index (χ1) is 8.59. The lowest BCUT2D eigenvalue weighted by Crippen LogP contribution is -2.31. The first kappa shape index (κ1) is 12.0. The van der Waals surface area contributed by atoms with E-state index < -0.39 is 11.5 Å². The summed E-state index contributed by atoms with van der Waals surface area (Å²) in [5.74, 6) is 0.0545. The van der Waals surface area contributed by atoms with Crippen molar-refractivity contribution in [3.8, 4) is 0 Å². The van der Waals surface area contributed by atoms with Crippen molar-refractivity contribution in [3.63, 3.8) is 0 Å². The van der Waals surface area contributed by atoms with Gasteiger partial charge in [0.2, 0.25) is 0 Å². The first-order valence-corrected chi connectivity index (χ1v) is 5.28. The summed E-state index contributed by atoms with van der Waals surface area (Å²) in [5, 5.41) is 14.9. The average molecular weight is 248 g/mol. The number of amides is 1. The molecule has 8 heteroatoms. The van der Waals surface area contributed by atoms with E-state index in [4.69, 9.17) is 0 Å². The number of carbonyl (C=O) groups is 1. The molecule has 0 aliphatic heterocycles. The van der Waals surface area contributed by atoms with Crippen LogP contribution in [0.15, 0.2) is 11.1 Å². The summed E-state index contributed by atoms with van der Waals surface area (Å²) in [6.45, 7) is 3.58. The van der Waals surface area contributed by atoms with Gasteiger partial charge in [-0.1, -0.05) is 0 Å². The van der Waals surface area contributed by atoms with Crippen molar-refractivity contribution in [2.24, 2.45) is 0 Å². The smallest absolute Gasteiger partial charge is 0.277 e. The van der Waals surface area contributed by atoms with Crippen LogP contribution in [0.5, 0.6) is 0 Å². The number of nitrogens with one attached hydrogen (secondary N) is 3. The van der Waals surface area contributed by atoms with Crippen LogP contribution in [0.2, 0.25) is 0 Å². The van der Waals surface area contributed by atoms with Crippen molar-refractivity contribution >= 4 is 5.91 Å². The molecule has 2 aromatic heterocycles. The molecule has 8 nitrogen and oxygen atoms in total. The molecule has 1 amide bonds. The van der Waals surface area contributed by atoms with Crippen molar-refractivity contribution in [3.05, 3.63) is 39.3 Å². The number of aromatic amines is 2. The van der Waals surface area contributed by atoms with Gasteiger partial charge in [-0.05, 0) is 19.4 Å². The van der Waals surface area contributed by atoms with E-state index in [0.29, 0.717) is 17.1 Å². The van der Waals surface area contributed by atoms with E-state index in [-0.39, 0.29) is 12.1 Å². The molecule has 2 rings (SSSR count). The topological polar surface area (TPSA) is 116 Å². The zero-order valence-corrected chi connectivity index (χ0v) is 9.94. The predicted octanol–water partition coefficient (Wildman–Crippen LogP) is -0.565. The van der Waals surface area contributed by atoms with E-state index in [1.54, 1.807) is 13.8 Å². The number of aryl methyl sites for hydroxylation is 1. The zero-order valence-electron chi connectivity index (χ0n) is 9.94. The van der Waals surface area contributed by atoms with Crippen molar-refractivity contribution < 1.29 is 4.79 Å². The second kappa shape index (κ2) is 4.78. The van der Waals surface area contributed by atoms with E-state index in [2.05, 4.69) is 30.7 Å². The standard InChI is InChI=1S/C10H12N6O2/c1-5-6(2)14-16-10(18)8(5)9(17)11-3-7-12-4-13-15-7/h4H,3H2,1-2H3,(H,11,17)(H,16,18)(H,12,13,15). The summed E-state index contributed by atoms with van der Waals surface area (Å²) in [4.78, 5) is 27.4. The molecular weight excluding hydrogens is 236 g/mol. The third-order valence-electron chi connectivity index (χ3n) is 2.58. The number of nitrogens with zero attached hydrogens (tertiary/aromatic N) is 3. The minimum absolute atomic E-state index is 0.0713. The van der Waals surface area contributed by atoms with Gasteiger partial charge in [-0.15, -0.1) is 0 Å². The Morgan fingerprint density at radius 1 is 1.39 bits per heavy atom. The van der Waals surface area contributed by atoms with Gasteiger partial charge in [0.1, 0.15) is 17.7 Å². The number of aromatic nitrogens is 5. The SMILES string of the molecule is Cc1n[nH]c(=O)c(C(=O)NCc2ncn[nH]2)c1C. The van der Waals surface area contributed by atoms with E-state index in [1.165, 1.54) is 6.33 Å². The lowest BCUT2D eigenvalue weighted by Gasteiger charge is -2.06. The van der Waals surface area contributed by atoms with Crippen LogP contribution in [-0.4, -0.2) is 31.3 Å². The van der Waals surface area contributed by atoms with E-state index in [0.717, 1.165) is 0 Å². The summed E-state index contributed by atoms with van der Waals surface area (Å²) in [7, 11) is 0. The van der Waals surface area contributed by atoms with Crippen LogP contribution < -0.4 is 10.9 Å². The van der Waals surface area contributed by atoms with Gasteiger partial charge in [-0.3, -0.25) is 14.7 Å². The second-order valence-corrected chi connectivity index (χ2v) is 3.75. The Hall–Kier alpha value is -2.51. The molecule has 0 aliphatic rings. The molecule has 0 saturated carbocycles. The number of hydrogen-bond donors (Lipinski definition) is 3. The normalized spacial score (nSPS) is 10.3. The highest BCUT2D eigenvalue weighted by atomic mass is 16.2.